The van der Waals surface area contributed by atoms with E-state index in [1.807, 2.05) is 30.3 Å². The third-order valence-electron chi connectivity index (χ3n) is 3.95. The number of benzene rings is 1. The van der Waals surface area contributed by atoms with Gasteiger partial charge >= 0.3 is 0 Å². The van der Waals surface area contributed by atoms with Gasteiger partial charge in [-0.3, -0.25) is 9.59 Å². The zero-order valence-electron chi connectivity index (χ0n) is 13.0. The molecule has 5 heteroatoms. The molecule has 2 unspecified atom stereocenters. The topological polar surface area (TPSA) is 67.4 Å². The van der Waals surface area contributed by atoms with Crippen LogP contribution in [0.2, 0.25) is 0 Å². The number of Topliss-reactive ketones (excluding diaryl/α,β-unsaturated/α-hetero) is 1. The van der Waals surface area contributed by atoms with E-state index in [1.165, 1.54) is 0 Å². The second-order valence-corrected chi connectivity index (χ2v) is 5.66. The zero-order chi connectivity index (χ0) is 15.8. The van der Waals surface area contributed by atoms with Crippen molar-refractivity contribution in [1.29, 1.82) is 0 Å². The highest BCUT2D eigenvalue weighted by molar-refractivity contribution is 5.87. The fourth-order valence-corrected chi connectivity index (χ4v) is 2.67. The summed E-state index contributed by atoms with van der Waals surface area (Å²) >= 11 is 0. The molecule has 1 aliphatic rings. The molecule has 1 aromatic carbocycles. The number of ketones is 1. The van der Waals surface area contributed by atoms with E-state index in [9.17, 15) is 9.59 Å². The fraction of sp³-hybridized carbons (Fsp3) is 0.529. The number of amides is 1. The van der Waals surface area contributed by atoms with Gasteiger partial charge in [-0.2, -0.15) is 0 Å². The highest BCUT2D eigenvalue weighted by Gasteiger charge is 2.32. The maximum atomic E-state index is 12.3. The largest absolute Gasteiger partial charge is 0.385 e. The van der Waals surface area contributed by atoms with Crippen LogP contribution in [0.25, 0.3) is 0 Å². The first-order valence-corrected chi connectivity index (χ1v) is 7.77. The van der Waals surface area contributed by atoms with Crippen LogP contribution in [-0.4, -0.2) is 44.5 Å². The monoisotopic (exact) mass is 304 g/mol. The maximum absolute atomic E-state index is 12.3. The number of carbonyl (C=O) groups excluding carboxylic acids is 2. The quantitative estimate of drug-likeness (QED) is 0.701. The normalized spacial score (nSPS) is 20.8. The second kappa shape index (κ2) is 8.66. The summed E-state index contributed by atoms with van der Waals surface area (Å²) in [5.74, 6) is 0.106. The van der Waals surface area contributed by atoms with Crippen LogP contribution < -0.4 is 10.6 Å². The third kappa shape index (κ3) is 4.93. The van der Waals surface area contributed by atoms with Crippen molar-refractivity contribution in [1.82, 2.24) is 10.6 Å². The molecular formula is C17H24N2O3. The first-order chi connectivity index (χ1) is 10.7. The van der Waals surface area contributed by atoms with E-state index < -0.39 is 0 Å². The summed E-state index contributed by atoms with van der Waals surface area (Å²) in [6, 6.07) is 9.47. The molecule has 0 bridgehead atoms. The minimum Gasteiger partial charge on any atom is -0.385 e. The van der Waals surface area contributed by atoms with E-state index >= 15 is 0 Å². The first kappa shape index (κ1) is 16.6. The van der Waals surface area contributed by atoms with Gasteiger partial charge in [0.1, 0.15) is 5.78 Å². The molecule has 120 valence electrons. The molecule has 0 aromatic heterocycles. The van der Waals surface area contributed by atoms with Crippen LogP contribution in [0.4, 0.5) is 0 Å². The lowest BCUT2D eigenvalue weighted by molar-refractivity contribution is -0.123. The molecule has 1 amide bonds. The van der Waals surface area contributed by atoms with Gasteiger partial charge in [0.25, 0.3) is 0 Å². The Morgan fingerprint density at radius 1 is 1.32 bits per heavy atom. The average molecular weight is 304 g/mol. The molecule has 5 nitrogen and oxygen atoms in total. The van der Waals surface area contributed by atoms with Crippen molar-refractivity contribution in [3.63, 3.8) is 0 Å². The SMILES string of the molecule is COCCCNC(=O)C1CC(C(=O)Cc2ccccc2)CN1. The first-order valence-electron chi connectivity index (χ1n) is 7.77. The van der Waals surface area contributed by atoms with Crippen molar-refractivity contribution < 1.29 is 14.3 Å². The van der Waals surface area contributed by atoms with Crippen LogP contribution in [0.3, 0.4) is 0 Å². The number of methoxy groups -OCH3 is 1. The Hall–Kier alpha value is -1.72. The molecule has 22 heavy (non-hydrogen) atoms. The van der Waals surface area contributed by atoms with Gasteiger partial charge in [-0.1, -0.05) is 30.3 Å². The molecule has 1 aliphatic heterocycles. The summed E-state index contributed by atoms with van der Waals surface area (Å²) in [4.78, 5) is 24.3. The molecule has 0 spiro atoms. The Labute approximate surface area is 131 Å². The molecular weight excluding hydrogens is 280 g/mol. The van der Waals surface area contributed by atoms with Crippen molar-refractivity contribution in [3.05, 3.63) is 35.9 Å². The van der Waals surface area contributed by atoms with Crippen molar-refractivity contribution in [2.45, 2.75) is 25.3 Å². The summed E-state index contributed by atoms with van der Waals surface area (Å²) in [5, 5.41) is 6.03. The second-order valence-electron chi connectivity index (χ2n) is 5.66. The minimum absolute atomic E-state index is 0.0221. The van der Waals surface area contributed by atoms with E-state index in [0.717, 1.165) is 12.0 Å². The van der Waals surface area contributed by atoms with Gasteiger partial charge in [0, 0.05) is 39.1 Å². The van der Waals surface area contributed by atoms with E-state index in [1.54, 1.807) is 7.11 Å². The molecule has 1 saturated heterocycles. The van der Waals surface area contributed by atoms with Crippen molar-refractivity contribution in [2.75, 3.05) is 26.8 Å². The van der Waals surface area contributed by atoms with Crippen LogP contribution in [0, 0.1) is 5.92 Å². The minimum atomic E-state index is -0.257. The number of hydrogen-bond acceptors (Lipinski definition) is 4. The number of ether oxygens (including phenoxy) is 1. The Morgan fingerprint density at radius 2 is 2.09 bits per heavy atom. The van der Waals surface area contributed by atoms with Crippen molar-refractivity contribution in [3.8, 4) is 0 Å². The fourth-order valence-electron chi connectivity index (χ4n) is 2.67. The summed E-state index contributed by atoms with van der Waals surface area (Å²) < 4.78 is 4.94. The molecule has 1 heterocycles. The molecule has 0 saturated carbocycles. The smallest absolute Gasteiger partial charge is 0.237 e. The standard InChI is InChI=1S/C17H24N2O3/c1-22-9-5-8-18-17(21)15-11-14(12-19-15)16(20)10-13-6-3-2-4-7-13/h2-4,6-7,14-15,19H,5,8-12H2,1H3,(H,18,21). The lowest BCUT2D eigenvalue weighted by Gasteiger charge is -2.11. The van der Waals surface area contributed by atoms with Gasteiger partial charge in [0.2, 0.25) is 5.91 Å². The van der Waals surface area contributed by atoms with Gasteiger partial charge in [-0.05, 0) is 18.4 Å². The zero-order valence-corrected chi connectivity index (χ0v) is 13.0. The van der Waals surface area contributed by atoms with E-state index in [2.05, 4.69) is 10.6 Å². The number of nitrogens with one attached hydrogen (secondary N) is 2. The van der Waals surface area contributed by atoms with Gasteiger partial charge in [0.05, 0.1) is 6.04 Å². The van der Waals surface area contributed by atoms with E-state index in [-0.39, 0.29) is 23.7 Å². The average Bonchev–Trinajstić information content (AvgIpc) is 3.02. The Morgan fingerprint density at radius 3 is 2.82 bits per heavy atom. The highest BCUT2D eigenvalue weighted by Crippen LogP contribution is 2.17. The molecule has 2 rings (SSSR count). The lowest BCUT2D eigenvalue weighted by Crippen LogP contribution is -2.40. The van der Waals surface area contributed by atoms with Gasteiger partial charge in [-0.25, -0.2) is 0 Å². The van der Waals surface area contributed by atoms with Gasteiger partial charge in [0.15, 0.2) is 0 Å². The summed E-state index contributed by atoms with van der Waals surface area (Å²) in [6.45, 7) is 1.83. The van der Waals surface area contributed by atoms with Gasteiger partial charge < -0.3 is 15.4 Å². The molecule has 1 fully saturated rings. The Kier molecular flexibility index (Phi) is 6.55. The van der Waals surface area contributed by atoms with Crippen LogP contribution >= 0.6 is 0 Å². The molecule has 0 radical (unpaired) electrons. The highest BCUT2D eigenvalue weighted by atomic mass is 16.5. The predicted octanol–water partition coefficient (Wildman–Crippen LogP) is 0.929. The summed E-state index contributed by atoms with van der Waals surface area (Å²) in [7, 11) is 1.64. The molecule has 0 aliphatic carbocycles. The lowest BCUT2D eigenvalue weighted by atomic mass is 9.95. The van der Waals surface area contributed by atoms with Crippen molar-refractivity contribution >= 4 is 11.7 Å². The number of carbonyl (C=O) groups is 2. The molecule has 2 N–H and O–H groups in total. The van der Waals surface area contributed by atoms with Crippen LogP contribution in [0.1, 0.15) is 18.4 Å². The van der Waals surface area contributed by atoms with Crippen LogP contribution in [0.15, 0.2) is 30.3 Å². The predicted molar refractivity (Wildman–Crippen MR) is 84.6 cm³/mol. The Bertz CT molecular complexity index is 490. The van der Waals surface area contributed by atoms with E-state index in [0.29, 0.717) is 32.5 Å². The van der Waals surface area contributed by atoms with Crippen LogP contribution in [-0.2, 0) is 20.7 Å². The van der Waals surface area contributed by atoms with E-state index in [4.69, 9.17) is 4.74 Å². The van der Waals surface area contributed by atoms with Crippen molar-refractivity contribution in [2.24, 2.45) is 5.92 Å². The Balaban J connectivity index is 1.74. The molecule has 2 atom stereocenters. The third-order valence-corrected chi connectivity index (χ3v) is 3.95. The van der Waals surface area contributed by atoms with Crippen LogP contribution in [0.5, 0.6) is 0 Å². The summed E-state index contributed by atoms with van der Waals surface area (Å²) in [6.07, 6.45) is 1.82. The van der Waals surface area contributed by atoms with Gasteiger partial charge in [-0.15, -0.1) is 0 Å². The summed E-state index contributed by atoms with van der Waals surface area (Å²) in [5.41, 5.74) is 1.03. The maximum Gasteiger partial charge on any atom is 0.237 e. The number of rotatable bonds is 8. The number of hydrogen-bond donors (Lipinski definition) is 2. The molecule has 1 aromatic rings.